The zero-order valence-corrected chi connectivity index (χ0v) is 20.5. The minimum Gasteiger partial charge on any atom is -0.316 e. The molecule has 170 valence electrons. The third kappa shape index (κ3) is 4.11. The summed E-state index contributed by atoms with van der Waals surface area (Å²) in [5.74, 6) is 0.857. The zero-order valence-electron chi connectivity index (χ0n) is 18.9. The summed E-state index contributed by atoms with van der Waals surface area (Å²) in [7, 11) is -3.44. The van der Waals surface area contributed by atoms with Gasteiger partial charge in [-0.3, -0.25) is 0 Å². The lowest BCUT2D eigenvalue weighted by atomic mass is 10.1. The summed E-state index contributed by atoms with van der Waals surface area (Å²) in [4.78, 5) is 5.33. The van der Waals surface area contributed by atoms with Crippen LogP contribution in [0.5, 0.6) is 0 Å². The zero-order chi connectivity index (χ0) is 22.3. The molecular weight excluding hydrogens is 438 g/mol. The van der Waals surface area contributed by atoms with Gasteiger partial charge in [-0.05, 0) is 74.4 Å². The van der Waals surface area contributed by atoms with Gasteiger partial charge in [-0.25, -0.2) is 13.4 Å². The number of rotatable bonds is 6. The minimum atomic E-state index is -3.44. The van der Waals surface area contributed by atoms with E-state index in [0.29, 0.717) is 24.0 Å². The first-order valence-electron chi connectivity index (χ1n) is 11.6. The first-order chi connectivity index (χ1) is 15.4. The van der Waals surface area contributed by atoms with Crippen molar-refractivity contribution in [2.24, 2.45) is 0 Å². The fourth-order valence-electron chi connectivity index (χ4n) is 4.95. The second kappa shape index (κ2) is 8.84. The predicted octanol–water partition coefficient (Wildman–Crippen LogP) is 5.85. The molecule has 0 radical (unpaired) electrons. The molecule has 7 heteroatoms. The number of hydrogen-bond donors (Lipinski definition) is 0. The van der Waals surface area contributed by atoms with E-state index in [4.69, 9.17) is 4.98 Å². The van der Waals surface area contributed by atoms with Crippen LogP contribution in [-0.4, -0.2) is 35.4 Å². The van der Waals surface area contributed by atoms with Crippen LogP contribution in [0.4, 0.5) is 0 Å². The van der Waals surface area contributed by atoms with Gasteiger partial charge in [0.2, 0.25) is 10.0 Å². The van der Waals surface area contributed by atoms with Crippen LogP contribution in [-0.2, 0) is 15.8 Å². The Kier molecular flexibility index (Phi) is 6.07. The number of aryl methyl sites for hydroxylation is 2. The maximum absolute atomic E-state index is 13.1. The lowest BCUT2D eigenvalue weighted by molar-refractivity contribution is 0.477. The van der Waals surface area contributed by atoms with Crippen molar-refractivity contribution in [1.82, 2.24) is 13.9 Å². The number of hydrogen-bond acceptors (Lipinski definition) is 4. The van der Waals surface area contributed by atoms with E-state index < -0.39 is 10.0 Å². The van der Waals surface area contributed by atoms with E-state index in [-0.39, 0.29) is 0 Å². The van der Waals surface area contributed by atoms with Crippen molar-refractivity contribution >= 4 is 32.8 Å². The maximum atomic E-state index is 13.1. The number of thioether (sulfide) groups is 1. The molecule has 1 saturated carbocycles. The van der Waals surface area contributed by atoms with Crippen LogP contribution >= 0.6 is 11.8 Å². The summed E-state index contributed by atoms with van der Waals surface area (Å²) in [5.41, 5.74) is 5.76. The predicted molar refractivity (Wildman–Crippen MR) is 131 cm³/mol. The Hall–Kier alpha value is -1.83. The number of benzene rings is 2. The standard InChI is InChI=1S/C25H31N3O2S2/c1-18-9-10-20(15-19(18)2)17-31-25-26-23-16-22(32(29,30)27-13-5-6-14-27)11-12-24(23)28(25)21-7-3-4-8-21/h9-12,15-16,21H,3-8,13-14,17H2,1-2H3. The van der Waals surface area contributed by atoms with Crippen LogP contribution in [0, 0.1) is 13.8 Å². The van der Waals surface area contributed by atoms with Crippen molar-refractivity contribution in [3.63, 3.8) is 0 Å². The number of fused-ring (bicyclic) bond motifs is 1. The molecule has 1 aromatic heterocycles. The van der Waals surface area contributed by atoms with Gasteiger partial charge >= 0.3 is 0 Å². The lowest BCUT2D eigenvalue weighted by Crippen LogP contribution is -2.27. The van der Waals surface area contributed by atoms with Gasteiger partial charge in [0.25, 0.3) is 0 Å². The Morgan fingerprint density at radius 1 is 0.969 bits per heavy atom. The minimum absolute atomic E-state index is 0.369. The molecule has 0 atom stereocenters. The number of nitrogens with zero attached hydrogens (tertiary/aromatic N) is 3. The smallest absolute Gasteiger partial charge is 0.243 e. The Morgan fingerprint density at radius 2 is 1.72 bits per heavy atom. The van der Waals surface area contributed by atoms with Gasteiger partial charge in [-0.15, -0.1) is 0 Å². The van der Waals surface area contributed by atoms with Crippen LogP contribution < -0.4 is 0 Å². The summed E-state index contributed by atoms with van der Waals surface area (Å²) in [5, 5.41) is 1.00. The number of sulfonamides is 1. The summed E-state index contributed by atoms with van der Waals surface area (Å²) in [6, 6.07) is 12.6. The van der Waals surface area contributed by atoms with Gasteiger partial charge in [0, 0.05) is 24.9 Å². The van der Waals surface area contributed by atoms with E-state index in [0.717, 1.165) is 47.6 Å². The van der Waals surface area contributed by atoms with Gasteiger partial charge < -0.3 is 4.57 Å². The molecule has 1 saturated heterocycles. The largest absolute Gasteiger partial charge is 0.316 e. The topological polar surface area (TPSA) is 55.2 Å². The lowest BCUT2D eigenvalue weighted by Gasteiger charge is -2.17. The van der Waals surface area contributed by atoms with Crippen molar-refractivity contribution in [3.05, 3.63) is 53.1 Å². The summed E-state index contributed by atoms with van der Waals surface area (Å²) in [6.45, 7) is 5.53. The third-order valence-corrected chi connectivity index (χ3v) is 9.88. The van der Waals surface area contributed by atoms with Crippen molar-refractivity contribution in [2.75, 3.05) is 13.1 Å². The van der Waals surface area contributed by atoms with Crippen LogP contribution in [0.2, 0.25) is 0 Å². The van der Waals surface area contributed by atoms with Crippen LogP contribution in [0.3, 0.4) is 0 Å². The highest BCUT2D eigenvalue weighted by molar-refractivity contribution is 7.98. The number of imidazole rings is 1. The highest BCUT2D eigenvalue weighted by Crippen LogP contribution is 2.38. The first kappa shape index (κ1) is 22.0. The molecular formula is C25H31N3O2S2. The highest BCUT2D eigenvalue weighted by atomic mass is 32.2. The molecule has 2 heterocycles. The van der Waals surface area contributed by atoms with Crippen LogP contribution in [0.1, 0.15) is 61.3 Å². The fraction of sp³-hybridized carbons (Fsp3) is 0.480. The fourth-order valence-corrected chi connectivity index (χ4v) is 7.52. The van der Waals surface area contributed by atoms with E-state index in [2.05, 4.69) is 36.6 Å². The third-order valence-electron chi connectivity index (χ3n) is 6.96. The first-order valence-corrected chi connectivity index (χ1v) is 14.1. The molecule has 0 amide bonds. The molecule has 0 bridgehead atoms. The highest BCUT2D eigenvalue weighted by Gasteiger charge is 2.29. The van der Waals surface area contributed by atoms with Gasteiger partial charge in [0.1, 0.15) is 0 Å². The molecule has 1 aliphatic heterocycles. The van der Waals surface area contributed by atoms with Crippen LogP contribution in [0.25, 0.3) is 11.0 Å². The molecule has 3 aromatic rings. The Morgan fingerprint density at radius 3 is 2.44 bits per heavy atom. The molecule has 1 aliphatic carbocycles. The molecule has 0 unspecified atom stereocenters. The molecule has 32 heavy (non-hydrogen) atoms. The molecule has 2 aliphatic rings. The van der Waals surface area contributed by atoms with Gasteiger partial charge in [-0.1, -0.05) is 42.8 Å². The Balaban J connectivity index is 1.50. The summed E-state index contributed by atoms with van der Waals surface area (Å²) in [6.07, 6.45) is 6.70. The van der Waals surface area contributed by atoms with Crippen molar-refractivity contribution in [1.29, 1.82) is 0 Å². The molecule has 5 rings (SSSR count). The maximum Gasteiger partial charge on any atom is 0.243 e. The van der Waals surface area contributed by atoms with Crippen molar-refractivity contribution < 1.29 is 8.42 Å². The SMILES string of the molecule is Cc1ccc(CSc2nc3cc(S(=O)(=O)N4CCCC4)ccc3n2C2CCCC2)cc1C. The second-order valence-corrected chi connectivity index (χ2v) is 12.1. The van der Waals surface area contributed by atoms with Crippen molar-refractivity contribution in [2.45, 2.75) is 74.2 Å². The van der Waals surface area contributed by atoms with Crippen LogP contribution in [0.15, 0.2) is 46.5 Å². The normalized spacial score (nSPS) is 18.2. The van der Waals surface area contributed by atoms with E-state index in [1.165, 1.54) is 29.5 Å². The molecule has 2 fully saturated rings. The van der Waals surface area contributed by atoms with E-state index in [1.54, 1.807) is 28.2 Å². The van der Waals surface area contributed by atoms with E-state index >= 15 is 0 Å². The molecule has 5 nitrogen and oxygen atoms in total. The van der Waals surface area contributed by atoms with Gasteiger partial charge in [0.05, 0.1) is 15.9 Å². The Bertz CT molecular complexity index is 1240. The summed E-state index contributed by atoms with van der Waals surface area (Å²) < 4.78 is 30.1. The monoisotopic (exact) mass is 469 g/mol. The number of aromatic nitrogens is 2. The quantitative estimate of drug-likeness (QED) is 0.425. The molecule has 0 N–H and O–H groups in total. The van der Waals surface area contributed by atoms with E-state index in [9.17, 15) is 8.42 Å². The Labute approximate surface area is 195 Å². The molecule has 2 aromatic carbocycles. The van der Waals surface area contributed by atoms with Gasteiger partial charge in [0.15, 0.2) is 5.16 Å². The average Bonchev–Trinajstić information content (AvgIpc) is 3.54. The average molecular weight is 470 g/mol. The van der Waals surface area contributed by atoms with E-state index in [1.807, 2.05) is 6.07 Å². The summed E-state index contributed by atoms with van der Waals surface area (Å²) >= 11 is 1.76. The van der Waals surface area contributed by atoms with Crippen molar-refractivity contribution in [3.8, 4) is 0 Å². The van der Waals surface area contributed by atoms with Gasteiger partial charge in [-0.2, -0.15) is 4.31 Å². The second-order valence-electron chi connectivity index (χ2n) is 9.17. The molecule has 0 spiro atoms.